The molecule has 34 heavy (non-hydrogen) atoms. The van der Waals surface area contributed by atoms with Gasteiger partial charge in [-0.05, 0) is 61.9 Å². The van der Waals surface area contributed by atoms with Crippen LogP contribution in [0.25, 0.3) is 20.4 Å². The lowest BCUT2D eigenvalue weighted by molar-refractivity contribution is 0.104. The molecular formula is C23H15ClN6O3S. The number of nitrogens with one attached hydrogen (secondary N) is 1. The molecule has 0 bridgehead atoms. The number of fused-ring (bicyclic) bond motifs is 4. The average molecular weight is 491 g/mol. The number of benzene rings is 1. The Morgan fingerprint density at radius 2 is 1.94 bits per heavy atom. The molecule has 5 heterocycles. The molecule has 0 atom stereocenters. The number of rotatable bonds is 3. The maximum Gasteiger partial charge on any atom is 0.292 e. The molecule has 6 rings (SSSR count). The first-order chi connectivity index (χ1) is 16.4. The van der Waals surface area contributed by atoms with E-state index >= 15 is 0 Å². The third-order valence-electron chi connectivity index (χ3n) is 5.41. The molecular weight excluding hydrogens is 476 g/mol. The molecule has 0 aliphatic carbocycles. The van der Waals surface area contributed by atoms with Crippen molar-refractivity contribution in [2.75, 3.05) is 10.4 Å². The minimum atomic E-state index is -0.508. The lowest BCUT2D eigenvalue weighted by Crippen LogP contribution is -2.44. The highest BCUT2D eigenvalue weighted by atomic mass is 35.5. The first-order valence-corrected chi connectivity index (χ1v) is 11.4. The van der Waals surface area contributed by atoms with Gasteiger partial charge in [0.05, 0.1) is 12.0 Å². The molecule has 0 unspecified atom stereocenters. The number of nitrogens with zero attached hydrogens (tertiary/aromatic N) is 5. The van der Waals surface area contributed by atoms with Crippen LogP contribution in [0.5, 0.6) is 0 Å². The standard InChI is InChI=1S/C23H15ClN6O3S/c1-11-10-12(2)25-21-16(11)17-19(34-21)22(32)30-23(26-17)29(14-7-5-13(24)6-8-14)27-20(28-30)18(31)15-4-3-9-33-15/h3-10H,1-2H3,(H,27,28). The van der Waals surface area contributed by atoms with Gasteiger partial charge in [0, 0.05) is 16.1 Å². The molecule has 1 aliphatic rings. The van der Waals surface area contributed by atoms with Crippen molar-refractivity contribution in [1.82, 2.24) is 14.6 Å². The normalized spacial score (nSPS) is 13.1. The van der Waals surface area contributed by atoms with Crippen LogP contribution in [0.1, 0.15) is 21.8 Å². The number of Topliss-reactive ketones (excluding diaryl/α,β-unsaturated/α-hetero) is 1. The quantitative estimate of drug-likeness (QED) is 0.363. The van der Waals surface area contributed by atoms with Gasteiger partial charge in [-0.1, -0.05) is 11.6 Å². The Morgan fingerprint density at radius 3 is 2.68 bits per heavy atom. The van der Waals surface area contributed by atoms with Crippen LogP contribution in [0.15, 0.2) is 63.0 Å². The van der Waals surface area contributed by atoms with E-state index < -0.39 is 5.78 Å². The molecule has 0 radical (unpaired) electrons. The SMILES string of the molecule is Cc1cc(C)c2c(n1)sc1c(=O)n3c(nc12)N(c1ccc(Cl)cc1)N=C(C(=O)c1ccco1)N3. The number of carbonyl (C=O) groups excluding carboxylic acids is 1. The molecule has 9 nitrogen and oxygen atoms in total. The van der Waals surface area contributed by atoms with Crippen LogP contribution < -0.4 is 16.0 Å². The summed E-state index contributed by atoms with van der Waals surface area (Å²) in [6.45, 7) is 3.88. The summed E-state index contributed by atoms with van der Waals surface area (Å²) >= 11 is 7.34. The molecule has 0 fully saturated rings. The van der Waals surface area contributed by atoms with Crippen LogP contribution >= 0.6 is 22.9 Å². The van der Waals surface area contributed by atoms with Crippen molar-refractivity contribution in [2.45, 2.75) is 13.8 Å². The molecule has 168 valence electrons. The Morgan fingerprint density at radius 1 is 1.15 bits per heavy atom. The number of anilines is 2. The number of hydrogen-bond acceptors (Lipinski definition) is 9. The minimum Gasteiger partial charge on any atom is -0.461 e. The largest absolute Gasteiger partial charge is 0.461 e. The summed E-state index contributed by atoms with van der Waals surface area (Å²) < 4.78 is 6.89. The van der Waals surface area contributed by atoms with Gasteiger partial charge in [0.2, 0.25) is 5.84 Å². The molecule has 1 N–H and O–H groups in total. The Kier molecular flexibility index (Phi) is 4.54. The Labute approximate surface area is 200 Å². The molecule has 1 aromatic carbocycles. The van der Waals surface area contributed by atoms with Crippen molar-refractivity contribution < 1.29 is 9.21 Å². The Hall–Kier alpha value is -4.02. The number of furan rings is 1. The highest BCUT2D eigenvalue weighted by Crippen LogP contribution is 2.35. The fraction of sp³-hybridized carbons (Fsp3) is 0.0870. The van der Waals surface area contributed by atoms with Crippen molar-refractivity contribution in [2.24, 2.45) is 5.10 Å². The molecule has 1 aliphatic heterocycles. The zero-order valence-electron chi connectivity index (χ0n) is 17.9. The molecule has 5 aromatic rings. The number of pyridine rings is 1. The van der Waals surface area contributed by atoms with Crippen LogP contribution in [0.4, 0.5) is 11.6 Å². The molecule has 0 saturated heterocycles. The van der Waals surface area contributed by atoms with Gasteiger partial charge in [-0.3, -0.25) is 15.0 Å². The van der Waals surface area contributed by atoms with Gasteiger partial charge in [-0.15, -0.1) is 16.4 Å². The summed E-state index contributed by atoms with van der Waals surface area (Å²) in [5.41, 5.74) is 5.41. The van der Waals surface area contributed by atoms with Crippen molar-refractivity contribution in [3.63, 3.8) is 0 Å². The van der Waals surface area contributed by atoms with E-state index in [1.54, 1.807) is 30.3 Å². The number of hydrazone groups is 1. The van der Waals surface area contributed by atoms with Crippen LogP contribution in [-0.4, -0.2) is 26.3 Å². The van der Waals surface area contributed by atoms with E-state index in [2.05, 4.69) is 15.5 Å². The first kappa shape index (κ1) is 20.6. The Balaban J connectivity index is 1.63. The van der Waals surface area contributed by atoms with Gasteiger partial charge in [-0.2, -0.15) is 9.69 Å². The highest BCUT2D eigenvalue weighted by molar-refractivity contribution is 7.25. The number of hydrogen-bond donors (Lipinski definition) is 1. The fourth-order valence-corrected chi connectivity index (χ4v) is 5.20. The van der Waals surface area contributed by atoms with Gasteiger partial charge in [0.25, 0.3) is 17.3 Å². The van der Waals surface area contributed by atoms with Crippen LogP contribution in [-0.2, 0) is 0 Å². The fourth-order valence-electron chi connectivity index (χ4n) is 3.91. The van der Waals surface area contributed by atoms with Crippen molar-refractivity contribution in [3.8, 4) is 0 Å². The smallest absolute Gasteiger partial charge is 0.292 e. The van der Waals surface area contributed by atoms with Gasteiger partial charge in [-0.25, -0.2) is 9.97 Å². The number of amidine groups is 1. The summed E-state index contributed by atoms with van der Waals surface area (Å²) in [5, 5.41) is 7.28. The number of carbonyl (C=O) groups is 1. The number of ketones is 1. The van der Waals surface area contributed by atoms with Gasteiger partial charge in [0.1, 0.15) is 15.0 Å². The predicted molar refractivity (Wildman–Crippen MR) is 132 cm³/mol. The summed E-state index contributed by atoms with van der Waals surface area (Å²) in [4.78, 5) is 36.8. The maximum absolute atomic E-state index is 13.6. The lowest BCUT2D eigenvalue weighted by Gasteiger charge is -2.27. The summed E-state index contributed by atoms with van der Waals surface area (Å²) in [5.74, 6) is -0.307. The van der Waals surface area contributed by atoms with Crippen molar-refractivity contribution >= 4 is 66.6 Å². The summed E-state index contributed by atoms with van der Waals surface area (Å²) in [6.07, 6.45) is 1.40. The topological polar surface area (TPSA) is 106 Å². The average Bonchev–Trinajstić information content (AvgIpc) is 3.47. The second-order valence-corrected chi connectivity index (χ2v) is 9.18. The van der Waals surface area contributed by atoms with Crippen LogP contribution in [0.3, 0.4) is 0 Å². The zero-order chi connectivity index (χ0) is 23.6. The van der Waals surface area contributed by atoms with E-state index in [1.165, 1.54) is 33.4 Å². The first-order valence-electron chi connectivity index (χ1n) is 10.2. The molecule has 0 saturated carbocycles. The van der Waals surface area contributed by atoms with Crippen molar-refractivity contribution in [3.05, 3.63) is 81.1 Å². The molecule has 0 amide bonds. The number of halogens is 1. The predicted octanol–water partition coefficient (Wildman–Crippen LogP) is 4.76. The summed E-state index contributed by atoms with van der Waals surface area (Å²) in [6, 6.07) is 11.9. The van der Waals surface area contributed by atoms with E-state index in [0.717, 1.165) is 21.5 Å². The van der Waals surface area contributed by atoms with Crippen LogP contribution in [0.2, 0.25) is 5.02 Å². The van der Waals surface area contributed by atoms with E-state index in [0.29, 0.717) is 20.9 Å². The second-order valence-electron chi connectivity index (χ2n) is 7.75. The van der Waals surface area contributed by atoms with Gasteiger partial charge < -0.3 is 4.42 Å². The van der Waals surface area contributed by atoms with E-state index in [9.17, 15) is 9.59 Å². The Bertz CT molecular complexity index is 1700. The number of aromatic nitrogens is 3. The van der Waals surface area contributed by atoms with Crippen LogP contribution in [0, 0.1) is 13.8 Å². The van der Waals surface area contributed by atoms with Crippen molar-refractivity contribution in [1.29, 1.82) is 0 Å². The second kappa shape index (κ2) is 7.51. The molecule has 4 aromatic heterocycles. The van der Waals surface area contributed by atoms with E-state index in [4.69, 9.17) is 21.0 Å². The summed E-state index contributed by atoms with van der Waals surface area (Å²) in [7, 11) is 0. The van der Waals surface area contributed by atoms with E-state index in [-0.39, 0.29) is 23.1 Å². The maximum atomic E-state index is 13.6. The molecule has 0 spiro atoms. The number of aryl methyl sites for hydroxylation is 2. The molecule has 11 heteroatoms. The van der Waals surface area contributed by atoms with E-state index in [1.807, 2.05) is 19.9 Å². The third-order valence-corrected chi connectivity index (χ3v) is 6.72. The monoisotopic (exact) mass is 490 g/mol. The van der Waals surface area contributed by atoms with Gasteiger partial charge in [0.15, 0.2) is 5.76 Å². The number of thiophene rings is 1. The highest BCUT2D eigenvalue weighted by Gasteiger charge is 2.30. The minimum absolute atomic E-state index is 0.0880. The lowest BCUT2D eigenvalue weighted by atomic mass is 10.1. The van der Waals surface area contributed by atoms with Gasteiger partial charge >= 0.3 is 0 Å². The third kappa shape index (κ3) is 3.11. The zero-order valence-corrected chi connectivity index (χ0v) is 19.4.